The third-order valence-electron chi connectivity index (χ3n) is 5.67. The Hall–Kier alpha value is -0.443. The Morgan fingerprint density at radius 2 is 1.72 bits per heavy atom. The molecule has 6 heteroatoms. The molecule has 1 aromatic rings. The highest BCUT2D eigenvalue weighted by atomic mass is 127. The SMILES string of the molecule is CC(C)COC(=O)C(CCO[Si](C)(C)C(C)(C)C)C(O)CCc1ccc(I)cc1. The topological polar surface area (TPSA) is 55.8 Å². The van der Waals surface area contributed by atoms with E-state index in [4.69, 9.17) is 9.16 Å². The van der Waals surface area contributed by atoms with Crippen molar-refractivity contribution in [1.29, 1.82) is 0 Å². The summed E-state index contributed by atoms with van der Waals surface area (Å²) in [7, 11) is -1.89. The van der Waals surface area contributed by atoms with Crippen LogP contribution < -0.4 is 0 Å². The molecular weight excluding hydrogens is 495 g/mol. The number of esters is 1. The Balaban J connectivity index is 2.73. The molecule has 29 heavy (non-hydrogen) atoms. The lowest BCUT2D eigenvalue weighted by Crippen LogP contribution is -2.42. The highest BCUT2D eigenvalue weighted by molar-refractivity contribution is 14.1. The van der Waals surface area contributed by atoms with Gasteiger partial charge < -0.3 is 14.3 Å². The van der Waals surface area contributed by atoms with Crippen LogP contribution in [0.2, 0.25) is 18.1 Å². The summed E-state index contributed by atoms with van der Waals surface area (Å²) in [6.45, 7) is 15.9. The molecule has 166 valence electrons. The van der Waals surface area contributed by atoms with Crippen molar-refractivity contribution >= 4 is 36.9 Å². The van der Waals surface area contributed by atoms with Crippen LogP contribution in [0.5, 0.6) is 0 Å². The number of ether oxygens (including phenoxy) is 1. The minimum absolute atomic E-state index is 0.115. The molecule has 0 spiro atoms. The van der Waals surface area contributed by atoms with Gasteiger partial charge >= 0.3 is 5.97 Å². The molecule has 2 unspecified atom stereocenters. The molecule has 1 aromatic carbocycles. The number of carbonyl (C=O) groups excluding carboxylic acids is 1. The van der Waals surface area contributed by atoms with E-state index < -0.39 is 20.3 Å². The van der Waals surface area contributed by atoms with Gasteiger partial charge in [-0.3, -0.25) is 4.79 Å². The van der Waals surface area contributed by atoms with Crippen molar-refractivity contribution in [1.82, 2.24) is 0 Å². The highest BCUT2D eigenvalue weighted by Gasteiger charge is 2.37. The van der Waals surface area contributed by atoms with Gasteiger partial charge in [0.25, 0.3) is 0 Å². The second-order valence-corrected chi connectivity index (χ2v) is 15.8. The summed E-state index contributed by atoms with van der Waals surface area (Å²) in [6.07, 6.45) is 1.01. The molecule has 0 saturated carbocycles. The average molecular weight is 535 g/mol. The first-order valence-corrected chi connectivity index (χ1v) is 14.6. The molecule has 0 radical (unpaired) electrons. The van der Waals surface area contributed by atoms with Crippen molar-refractivity contribution in [2.24, 2.45) is 11.8 Å². The van der Waals surface area contributed by atoms with Crippen LogP contribution in [-0.4, -0.2) is 38.7 Å². The second-order valence-electron chi connectivity index (χ2n) is 9.76. The van der Waals surface area contributed by atoms with Crippen molar-refractivity contribution in [2.75, 3.05) is 13.2 Å². The number of rotatable bonds is 11. The molecule has 0 fully saturated rings. The molecule has 1 N–H and O–H groups in total. The van der Waals surface area contributed by atoms with Crippen LogP contribution in [0.25, 0.3) is 0 Å². The predicted octanol–water partition coefficient (Wildman–Crippen LogP) is 5.81. The summed E-state index contributed by atoms with van der Waals surface area (Å²) in [5.74, 6) is -0.595. The summed E-state index contributed by atoms with van der Waals surface area (Å²) in [5.41, 5.74) is 1.16. The molecule has 0 saturated heterocycles. The van der Waals surface area contributed by atoms with Gasteiger partial charge in [0.05, 0.1) is 18.6 Å². The Bertz CT molecular complexity index is 623. The predicted molar refractivity (Wildman–Crippen MR) is 131 cm³/mol. The van der Waals surface area contributed by atoms with E-state index in [1.165, 1.54) is 3.57 Å². The van der Waals surface area contributed by atoms with Crippen molar-refractivity contribution in [3.05, 3.63) is 33.4 Å². The number of aliphatic hydroxyl groups is 1. The summed E-state index contributed by atoms with van der Waals surface area (Å²) >= 11 is 2.28. The molecule has 0 heterocycles. The number of hydrogen-bond donors (Lipinski definition) is 1. The summed E-state index contributed by atoms with van der Waals surface area (Å²) in [6, 6.07) is 8.26. The smallest absolute Gasteiger partial charge is 0.311 e. The fraction of sp³-hybridized carbons (Fsp3) is 0.696. The summed E-state index contributed by atoms with van der Waals surface area (Å²) in [5, 5.41) is 10.9. The maximum Gasteiger partial charge on any atom is 0.311 e. The molecule has 0 aliphatic rings. The lowest BCUT2D eigenvalue weighted by molar-refractivity contribution is -0.154. The van der Waals surface area contributed by atoms with E-state index >= 15 is 0 Å². The standard InChI is InChI=1S/C23H39IO4Si/c1-17(2)16-27-22(26)20(14-15-28-29(6,7)23(3,4)5)21(25)13-10-18-8-11-19(24)12-9-18/h8-9,11-12,17,20-21,25H,10,13-16H2,1-7H3. The van der Waals surface area contributed by atoms with Crippen LogP contribution in [0.1, 0.15) is 53.0 Å². The first kappa shape index (κ1) is 26.6. The molecule has 0 aromatic heterocycles. The van der Waals surface area contributed by atoms with E-state index in [-0.39, 0.29) is 16.9 Å². The van der Waals surface area contributed by atoms with E-state index in [0.717, 1.165) is 12.0 Å². The highest BCUT2D eigenvalue weighted by Crippen LogP contribution is 2.36. The van der Waals surface area contributed by atoms with Gasteiger partial charge in [0.2, 0.25) is 0 Å². The monoisotopic (exact) mass is 534 g/mol. The van der Waals surface area contributed by atoms with Crippen LogP contribution in [0.4, 0.5) is 0 Å². The van der Waals surface area contributed by atoms with Gasteiger partial charge in [-0.1, -0.05) is 46.8 Å². The molecule has 0 aliphatic heterocycles. The first-order valence-electron chi connectivity index (χ1n) is 10.6. The van der Waals surface area contributed by atoms with E-state index in [0.29, 0.717) is 26.1 Å². The Kier molecular flexibility index (Phi) is 10.8. The van der Waals surface area contributed by atoms with Gasteiger partial charge in [0.1, 0.15) is 0 Å². The quantitative estimate of drug-likeness (QED) is 0.221. The van der Waals surface area contributed by atoms with Crippen LogP contribution in [-0.2, 0) is 20.4 Å². The van der Waals surface area contributed by atoms with Gasteiger partial charge in [-0.15, -0.1) is 0 Å². The maximum absolute atomic E-state index is 12.7. The van der Waals surface area contributed by atoms with Crippen molar-refractivity contribution < 1.29 is 19.1 Å². The summed E-state index contributed by atoms with van der Waals surface area (Å²) < 4.78 is 12.9. The number of carbonyl (C=O) groups is 1. The summed E-state index contributed by atoms with van der Waals surface area (Å²) in [4.78, 5) is 12.7. The molecule has 2 atom stereocenters. The second kappa shape index (κ2) is 11.8. The van der Waals surface area contributed by atoms with E-state index in [9.17, 15) is 9.90 Å². The Labute approximate surface area is 192 Å². The van der Waals surface area contributed by atoms with Crippen LogP contribution in [0.15, 0.2) is 24.3 Å². The lowest BCUT2D eigenvalue weighted by atomic mass is 9.94. The molecule has 0 amide bonds. The van der Waals surface area contributed by atoms with Crippen LogP contribution in [0.3, 0.4) is 0 Å². The minimum Gasteiger partial charge on any atom is -0.465 e. The lowest BCUT2D eigenvalue weighted by Gasteiger charge is -2.36. The molecule has 0 aliphatic carbocycles. The van der Waals surface area contributed by atoms with E-state index in [2.05, 4.69) is 80.7 Å². The largest absolute Gasteiger partial charge is 0.465 e. The van der Waals surface area contributed by atoms with E-state index in [1.54, 1.807) is 0 Å². The molecular formula is C23H39IO4Si. The van der Waals surface area contributed by atoms with Crippen LogP contribution >= 0.6 is 22.6 Å². The fourth-order valence-electron chi connectivity index (χ4n) is 2.65. The Morgan fingerprint density at radius 1 is 1.14 bits per heavy atom. The fourth-order valence-corrected chi connectivity index (χ4v) is 4.07. The Morgan fingerprint density at radius 3 is 2.24 bits per heavy atom. The zero-order chi connectivity index (χ0) is 22.2. The number of halogens is 1. The minimum atomic E-state index is -1.89. The van der Waals surface area contributed by atoms with Gasteiger partial charge in [-0.2, -0.15) is 0 Å². The number of benzene rings is 1. The molecule has 1 rings (SSSR count). The van der Waals surface area contributed by atoms with E-state index in [1.807, 2.05) is 13.8 Å². The number of aliphatic hydroxyl groups excluding tert-OH is 1. The van der Waals surface area contributed by atoms with Crippen molar-refractivity contribution in [2.45, 2.75) is 78.1 Å². The number of hydrogen-bond acceptors (Lipinski definition) is 4. The van der Waals surface area contributed by atoms with Crippen LogP contribution in [0, 0.1) is 15.4 Å². The van der Waals surface area contributed by atoms with Gasteiger partial charge in [0.15, 0.2) is 8.32 Å². The number of aryl methyl sites for hydroxylation is 1. The molecule has 0 bridgehead atoms. The van der Waals surface area contributed by atoms with Gasteiger partial charge in [0, 0.05) is 10.2 Å². The van der Waals surface area contributed by atoms with Gasteiger partial charge in [-0.05, 0) is 83.6 Å². The van der Waals surface area contributed by atoms with Crippen molar-refractivity contribution in [3.63, 3.8) is 0 Å². The third kappa shape index (κ3) is 9.49. The normalized spacial score (nSPS) is 14.7. The van der Waals surface area contributed by atoms with Gasteiger partial charge in [-0.25, -0.2) is 0 Å². The molecule has 4 nitrogen and oxygen atoms in total. The zero-order valence-corrected chi connectivity index (χ0v) is 22.3. The maximum atomic E-state index is 12.7. The average Bonchev–Trinajstić information content (AvgIpc) is 2.61. The third-order valence-corrected chi connectivity index (χ3v) is 10.9. The van der Waals surface area contributed by atoms with Crippen molar-refractivity contribution in [3.8, 4) is 0 Å². The first-order chi connectivity index (χ1) is 13.3. The zero-order valence-electron chi connectivity index (χ0n) is 19.1.